The third-order valence-corrected chi connectivity index (χ3v) is 6.19. The highest BCUT2D eigenvalue weighted by Gasteiger charge is 2.30. The fourth-order valence-electron chi connectivity index (χ4n) is 3.60. The van der Waals surface area contributed by atoms with Crippen LogP contribution in [0.3, 0.4) is 0 Å². The fraction of sp³-hybridized carbons (Fsp3) is 0.192. The minimum Gasteiger partial charge on any atom is -0.463 e. The van der Waals surface area contributed by atoms with Crippen LogP contribution in [0.2, 0.25) is 0 Å². The number of esters is 1. The molecule has 0 bridgehead atoms. The van der Waals surface area contributed by atoms with Gasteiger partial charge in [0.2, 0.25) is 0 Å². The summed E-state index contributed by atoms with van der Waals surface area (Å²) in [7, 11) is 0. The van der Waals surface area contributed by atoms with E-state index in [2.05, 4.69) is 4.99 Å². The number of carbonyl (C=O) groups excluding carboxylic acids is 1. The number of ether oxygens (including phenoxy) is 1. The second kappa shape index (κ2) is 9.32. The summed E-state index contributed by atoms with van der Waals surface area (Å²) < 4.78 is 7.45. The summed E-state index contributed by atoms with van der Waals surface area (Å²) in [6.07, 6.45) is 5.65. The topological polar surface area (TPSA) is 60.7 Å². The molecule has 0 spiro atoms. The Labute approximate surface area is 190 Å². The lowest BCUT2D eigenvalue weighted by atomic mass is 10.0. The first-order valence-electron chi connectivity index (χ1n) is 10.5. The number of hydrogen-bond donors (Lipinski definition) is 0. The highest BCUT2D eigenvalue weighted by atomic mass is 32.1. The molecule has 2 aromatic carbocycles. The number of benzene rings is 2. The first-order chi connectivity index (χ1) is 15.5. The molecule has 1 aliphatic heterocycles. The Morgan fingerprint density at radius 3 is 2.50 bits per heavy atom. The molecule has 4 rings (SSSR count). The second-order valence-corrected chi connectivity index (χ2v) is 8.53. The average molecular weight is 445 g/mol. The second-order valence-electron chi connectivity index (χ2n) is 7.53. The summed E-state index contributed by atoms with van der Waals surface area (Å²) in [5.41, 5.74) is 3.85. The first-order valence-corrected chi connectivity index (χ1v) is 11.3. The van der Waals surface area contributed by atoms with Crippen LogP contribution in [0.4, 0.5) is 0 Å². The normalized spacial score (nSPS) is 16.2. The molecule has 2 heterocycles. The van der Waals surface area contributed by atoms with Crippen LogP contribution < -0.4 is 14.9 Å². The Balaban J connectivity index is 1.87. The summed E-state index contributed by atoms with van der Waals surface area (Å²) in [5, 5.41) is 0. The number of fused-ring (bicyclic) bond motifs is 1. The van der Waals surface area contributed by atoms with Crippen molar-refractivity contribution in [3.63, 3.8) is 0 Å². The van der Waals surface area contributed by atoms with E-state index in [1.165, 1.54) is 11.3 Å². The quantitative estimate of drug-likeness (QED) is 0.563. The van der Waals surface area contributed by atoms with Crippen LogP contribution in [-0.2, 0) is 9.53 Å². The molecule has 3 aromatic rings. The van der Waals surface area contributed by atoms with Crippen LogP contribution in [-0.4, -0.2) is 17.1 Å². The van der Waals surface area contributed by atoms with E-state index in [0.29, 0.717) is 20.6 Å². The molecule has 0 unspecified atom stereocenters. The van der Waals surface area contributed by atoms with Crippen LogP contribution in [0, 0.1) is 6.92 Å². The zero-order valence-corrected chi connectivity index (χ0v) is 19.1. The molecule has 1 atom stereocenters. The Bertz CT molecular complexity index is 1380. The van der Waals surface area contributed by atoms with Gasteiger partial charge in [0.05, 0.1) is 28.5 Å². The number of nitrogens with zero attached hydrogens (tertiary/aromatic N) is 2. The average Bonchev–Trinajstić information content (AvgIpc) is 3.09. The number of thiazole rings is 1. The summed E-state index contributed by atoms with van der Waals surface area (Å²) in [6.45, 7) is 5.82. The highest BCUT2D eigenvalue weighted by Crippen LogP contribution is 2.26. The van der Waals surface area contributed by atoms with Crippen molar-refractivity contribution in [1.82, 2.24) is 4.57 Å². The molecule has 6 heteroatoms. The maximum atomic E-state index is 13.4. The molecule has 0 N–H and O–H groups in total. The summed E-state index contributed by atoms with van der Waals surface area (Å²) >= 11 is 1.33. The zero-order valence-electron chi connectivity index (χ0n) is 18.2. The van der Waals surface area contributed by atoms with Crippen molar-refractivity contribution in [2.24, 2.45) is 4.99 Å². The highest BCUT2D eigenvalue weighted by molar-refractivity contribution is 7.07. The van der Waals surface area contributed by atoms with Gasteiger partial charge in [-0.3, -0.25) is 9.36 Å². The van der Waals surface area contributed by atoms with Gasteiger partial charge >= 0.3 is 5.97 Å². The van der Waals surface area contributed by atoms with E-state index < -0.39 is 12.0 Å². The molecular weight excluding hydrogens is 420 g/mol. The van der Waals surface area contributed by atoms with Crippen LogP contribution in [0.1, 0.15) is 36.6 Å². The standard InChI is InChI=1S/C26H24N2O3S/c1-4-31-25(30)23-18(3)27-26-28(21(23)15-14-19-8-6-5-7-9-19)24(29)22(32-26)16-20-12-10-17(2)11-13-20/h5-16,21H,4H2,1-3H3/b15-14+,22-16-/t21-/m0/s1. The molecule has 0 aliphatic carbocycles. The molecule has 0 saturated carbocycles. The number of aromatic nitrogens is 1. The van der Waals surface area contributed by atoms with E-state index in [0.717, 1.165) is 16.7 Å². The molecule has 0 fully saturated rings. The maximum Gasteiger partial charge on any atom is 0.338 e. The van der Waals surface area contributed by atoms with Crippen molar-refractivity contribution in [1.29, 1.82) is 0 Å². The molecule has 0 saturated heterocycles. The van der Waals surface area contributed by atoms with E-state index in [9.17, 15) is 9.59 Å². The molecule has 1 aliphatic rings. The van der Waals surface area contributed by atoms with E-state index in [-0.39, 0.29) is 12.2 Å². The van der Waals surface area contributed by atoms with Gasteiger partial charge in [-0.25, -0.2) is 9.79 Å². The lowest BCUT2D eigenvalue weighted by molar-refractivity contribution is -0.139. The van der Waals surface area contributed by atoms with Crippen LogP contribution in [0.25, 0.3) is 12.2 Å². The number of hydrogen-bond acceptors (Lipinski definition) is 5. The van der Waals surface area contributed by atoms with Crippen molar-refractivity contribution in [2.45, 2.75) is 26.8 Å². The summed E-state index contributed by atoms with van der Waals surface area (Å²) in [6, 6.07) is 17.2. The molecular formula is C26H24N2O3S. The van der Waals surface area contributed by atoms with E-state index in [1.807, 2.05) is 79.7 Å². The van der Waals surface area contributed by atoms with E-state index in [1.54, 1.807) is 18.4 Å². The zero-order chi connectivity index (χ0) is 22.7. The van der Waals surface area contributed by atoms with Gasteiger partial charge in [0.15, 0.2) is 4.80 Å². The molecule has 32 heavy (non-hydrogen) atoms. The van der Waals surface area contributed by atoms with E-state index >= 15 is 0 Å². The predicted octanol–water partition coefficient (Wildman–Crippen LogP) is 3.77. The molecule has 162 valence electrons. The molecule has 1 aromatic heterocycles. The van der Waals surface area contributed by atoms with Gasteiger partial charge in [0, 0.05) is 0 Å². The minimum absolute atomic E-state index is 0.175. The Morgan fingerprint density at radius 2 is 1.81 bits per heavy atom. The van der Waals surface area contributed by atoms with Crippen LogP contribution in [0.15, 0.2) is 81.7 Å². The maximum absolute atomic E-state index is 13.4. The van der Waals surface area contributed by atoms with Crippen molar-refractivity contribution in [3.8, 4) is 0 Å². The van der Waals surface area contributed by atoms with Crippen molar-refractivity contribution in [2.75, 3.05) is 6.61 Å². The van der Waals surface area contributed by atoms with Gasteiger partial charge in [0.25, 0.3) is 5.56 Å². The van der Waals surface area contributed by atoms with Gasteiger partial charge in [-0.1, -0.05) is 83.6 Å². The van der Waals surface area contributed by atoms with Gasteiger partial charge in [-0.15, -0.1) is 0 Å². The van der Waals surface area contributed by atoms with Crippen molar-refractivity contribution >= 4 is 29.5 Å². The van der Waals surface area contributed by atoms with Crippen molar-refractivity contribution in [3.05, 3.63) is 108 Å². The van der Waals surface area contributed by atoms with Gasteiger partial charge < -0.3 is 4.74 Å². The lowest BCUT2D eigenvalue weighted by Gasteiger charge is -2.21. The predicted molar refractivity (Wildman–Crippen MR) is 128 cm³/mol. The molecule has 0 amide bonds. The summed E-state index contributed by atoms with van der Waals surface area (Å²) in [4.78, 5) is 31.4. The van der Waals surface area contributed by atoms with Gasteiger partial charge in [-0.05, 0) is 38.0 Å². The molecule has 0 radical (unpaired) electrons. The molecule has 5 nitrogen and oxygen atoms in total. The Morgan fingerprint density at radius 1 is 1.09 bits per heavy atom. The Kier molecular flexibility index (Phi) is 6.32. The monoisotopic (exact) mass is 444 g/mol. The third-order valence-electron chi connectivity index (χ3n) is 5.20. The van der Waals surface area contributed by atoms with Gasteiger partial charge in [-0.2, -0.15) is 0 Å². The largest absolute Gasteiger partial charge is 0.463 e. The number of rotatable bonds is 5. The first kappa shape index (κ1) is 21.7. The number of aryl methyl sites for hydroxylation is 1. The summed E-state index contributed by atoms with van der Waals surface area (Å²) in [5.74, 6) is -0.454. The van der Waals surface area contributed by atoms with Crippen LogP contribution >= 0.6 is 11.3 Å². The lowest BCUT2D eigenvalue weighted by Crippen LogP contribution is -2.38. The van der Waals surface area contributed by atoms with Crippen LogP contribution in [0.5, 0.6) is 0 Å². The fourth-order valence-corrected chi connectivity index (χ4v) is 4.65. The Hall–Kier alpha value is -3.51. The third kappa shape index (κ3) is 4.41. The van der Waals surface area contributed by atoms with Gasteiger partial charge in [0.1, 0.15) is 0 Å². The minimum atomic E-state index is -0.592. The van der Waals surface area contributed by atoms with E-state index in [4.69, 9.17) is 4.74 Å². The SMILES string of the molecule is CCOC(=O)C1=C(C)N=c2s/c(=C\c3ccc(C)cc3)c(=O)n2[C@H]1/C=C/c1ccccc1. The number of carbonyl (C=O) groups is 1. The van der Waals surface area contributed by atoms with Crippen molar-refractivity contribution < 1.29 is 9.53 Å². The smallest absolute Gasteiger partial charge is 0.338 e. The number of allylic oxidation sites excluding steroid dienone is 2.